The Balaban J connectivity index is 2.40. The smallest absolute Gasteiger partial charge is 0.340 e. The molecule has 6 nitrogen and oxygen atoms in total. The predicted octanol–water partition coefficient (Wildman–Crippen LogP) is 2.86. The molecule has 0 atom stereocenters. The van der Waals surface area contributed by atoms with Gasteiger partial charge in [-0.05, 0) is 64.4 Å². The predicted molar refractivity (Wildman–Crippen MR) is 95.4 cm³/mol. The maximum Gasteiger partial charge on any atom is 0.340 e. The van der Waals surface area contributed by atoms with Crippen molar-refractivity contribution in [2.45, 2.75) is 45.6 Å². The molecular weight excluding hydrogens is 318 g/mol. The van der Waals surface area contributed by atoms with Crippen molar-refractivity contribution in [3.8, 4) is 6.07 Å². The highest BCUT2D eigenvalue weighted by Crippen LogP contribution is 2.38. The Morgan fingerprint density at radius 3 is 2.52 bits per heavy atom. The zero-order valence-electron chi connectivity index (χ0n) is 15.3. The molecule has 0 radical (unpaired) electrons. The number of rotatable bonds is 6. The first-order valence-corrected chi connectivity index (χ1v) is 8.64. The second-order valence-electron chi connectivity index (χ2n) is 6.40. The number of ether oxygens (including phenoxy) is 1. The Kier molecular flexibility index (Phi) is 5.81. The zero-order valence-corrected chi connectivity index (χ0v) is 15.3. The van der Waals surface area contributed by atoms with Crippen LogP contribution in [0.3, 0.4) is 0 Å². The second kappa shape index (κ2) is 7.66. The van der Waals surface area contributed by atoms with E-state index in [0.717, 1.165) is 25.8 Å². The highest BCUT2D eigenvalue weighted by atomic mass is 16.5. The quantitative estimate of drug-likeness (QED) is 0.803. The number of hydrogen-bond donors (Lipinski definition) is 1. The van der Waals surface area contributed by atoms with Crippen molar-refractivity contribution in [3.63, 3.8) is 0 Å². The molecule has 2 rings (SSSR count). The molecule has 1 amide bonds. The molecule has 25 heavy (non-hydrogen) atoms. The molecule has 0 spiro atoms. The highest BCUT2D eigenvalue weighted by molar-refractivity contribution is 6.05. The van der Waals surface area contributed by atoms with Gasteiger partial charge in [0.1, 0.15) is 5.54 Å². The van der Waals surface area contributed by atoms with Gasteiger partial charge in [0.05, 0.1) is 29.5 Å². The van der Waals surface area contributed by atoms with Gasteiger partial charge in [0.25, 0.3) is 0 Å². The molecule has 1 aromatic rings. The molecule has 1 fully saturated rings. The number of hydrogen-bond acceptors (Lipinski definition) is 5. The lowest BCUT2D eigenvalue weighted by atomic mass is 9.74. The number of carbonyl (C=O) groups excluding carboxylic acids is 2. The van der Waals surface area contributed by atoms with E-state index in [9.17, 15) is 9.59 Å². The van der Waals surface area contributed by atoms with Crippen LogP contribution in [0.25, 0.3) is 0 Å². The zero-order chi connectivity index (χ0) is 18.6. The number of carbonyl (C=O) groups is 2. The fourth-order valence-corrected chi connectivity index (χ4v) is 3.21. The van der Waals surface area contributed by atoms with Gasteiger partial charge in [-0.1, -0.05) is 6.92 Å². The van der Waals surface area contributed by atoms with Crippen molar-refractivity contribution in [2.75, 3.05) is 25.5 Å². The average molecular weight is 343 g/mol. The number of esters is 1. The van der Waals surface area contributed by atoms with Gasteiger partial charge in [-0.25, -0.2) is 4.79 Å². The number of nitriles is 1. The summed E-state index contributed by atoms with van der Waals surface area (Å²) in [5, 5.41) is 12.1. The van der Waals surface area contributed by atoms with Gasteiger partial charge < -0.3 is 10.1 Å². The van der Waals surface area contributed by atoms with E-state index < -0.39 is 11.5 Å². The summed E-state index contributed by atoms with van der Waals surface area (Å²) in [6.45, 7) is 6.51. The van der Waals surface area contributed by atoms with E-state index in [-0.39, 0.29) is 18.1 Å². The molecule has 1 saturated carbocycles. The third kappa shape index (κ3) is 3.52. The molecule has 6 heteroatoms. The van der Waals surface area contributed by atoms with Crippen LogP contribution in [-0.2, 0) is 9.53 Å². The lowest BCUT2D eigenvalue weighted by Gasteiger charge is -2.46. The van der Waals surface area contributed by atoms with E-state index in [2.05, 4.69) is 10.2 Å². The molecule has 0 aromatic heterocycles. The van der Waals surface area contributed by atoms with Crippen LogP contribution in [0.5, 0.6) is 0 Å². The number of benzene rings is 1. The van der Waals surface area contributed by atoms with E-state index >= 15 is 0 Å². The third-order valence-electron chi connectivity index (χ3n) is 5.01. The highest BCUT2D eigenvalue weighted by Gasteiger charge is 2.47. The molecule has 0 unspecified atom stereocenters. The minimum Gasteiger partial charge on any atom is -0.462 e. The van der Waals surface area contributed by atoms with Gasteiger partial charge in [0.15, 0.2) is 0 Å². The van der Waals surface area contributed by atoms with Gasteiger partial charge in [0.2, 0.25) is 5.91 Å². The summed E-state index contributed by atoms with van der Waals surface area (Å²) in [4.78, 5) is 27.3. The molecule has 134 valence electrons. The van der Waals surface area contributed by atoms with Gasteiger partial charge in [-0.15, -0.1) is 0 Å². The van der Waals surface area contributed by atoms with Gasteiger partial charge in [-0.3, -0.25) is 9.69 Å². The molecule has 1 aliphatic rings. The Bertz CT molecular complexity index is 717. The maximum atomic E-state index is 13.0. The fraction of sp³-hybridized carbons (Fsp3) is 0.526. The number of anilines is 1. The minimum absolute atomic E-state index is 0.110. The van der Waals surface area contributed by atoms with Crippen molar-refractivity contribution in [1.82, 2.24) is 4.90 Å². The standard InChI is InChI=1S/C19H25N3O3/c1-5-22(4)19(8-7-9-19)18(24)21-16-13(3)10-14(12-20)11-15(16)17(23)25-6-2/h10-11H,5-9H2,1-4H3,(H,21,24). The first-order chi connectivity index (χ1) is 11.9. The summed E-state index contributed by atoms with van der Waals surface area (Å²) in [5.74, 6) is -0.647. The Morgan fingerprint density at radius 2 is 2.04 bits per heavy atom. The first kappa shape index (κ1) is 18.9. The monoisotopic (exact) mass is 343 g/mol. The summed E-state index contributed by atoms with van der Waals surface area (Å²) < 4.78 is 5.09. The number of aryl methyl sites for hydroxylation is 1. The summed E-state index contributed by atoms with van der Waals surface area (Å²) in [6.07, 6.45) is 2.61. The van der Waals surface area contributed by atoms with E-state index in [1.54, 1.807) is 19.9 Å². The third-order valence-corrected chi connectivity index (χ3v) is 5.01. The van der Waals surface area contributed by atoms with Gasteiger partial charge >= 0.3 is 5.97 Å². The van der Waals surface area contributed by atoms with Crippen LogP contribution < -0.4 is 5.32 Å². The van der Waals surface area contributed by atoms with E-state index in [1.165, 1.54) is 6.07 Å². The lowest BCUT2D eigenvalue weighted by molar-refractivity contribution is -0.132. The number of amides is 1. The lowest BCUT2D eigenvalue weighted by Crippen LogP contribution is -2.59. The molecule has 1 N–H and O–H groups in total. The summed E-state index contributed by atoms with van der Waals surface area (Å²) in [6, 6.07) is 5.17. The summed E-state index contributed by atoms with van der Waals surface area (Å²) >= 11 is 0. The largest absolute Gasteiger partial charge is 0.462 e. The van der Waals surface area contributed by atoms with Gasteiger partial charge in [0, 0.05) is 0 Å². The topological polar surface area (TPSA) is 82.4 Å². The average Bonchev–Trinajstić information content (AvgIpc) is 2.55. The van der Waals surface area contributed by atoms with Crippen molar-refractivity contribution >= 4 is 17.6 Å². The molecule has 1 aromatic carbocycles. The van der Waals surface area contributed by atoms with Crippen LogP contribution in [0.1, 0.15) is 54.6 Å². The second-order valence-corrected chi connectivity index (χ2v) is 6.40. The van der Waals surface area contributed by atoms with Crippen LogP contribution in [0.15, 0.2) is 12.1 Å². The van der Waals surface area contributed by atoms with Crippen molar-refractivity contribution < 1.29 is 14.3 Å². The van der Waals surface area contributed by atoms with Crippen LogP contribution in [-0.4, -0.2) is 42.5 Å². The molecule has 0 bridgehead atoms. The first-order valence-electron chi connectivity index (χ1n) is 8.64. The number of nitrogens with one attached hydrogen (secondary N) is 1. The van der Waals surface area contributed by atoms with E-state index in [0.29, 0.717) is 16.8 Å². The van der Waals surface area contributed by atoms with Crippen LogP contribution in [0, 0.1) is 18.3 Å². The van der Waals surface area contributed by atoms with Crippen molar-refractivity contribution in [2.24, 2.45) is 0 Å². The van der Waals surface area contributed by atoms with Crippen LogP contribution in [0.2, 0.25) is 0 Å². The Morgan fingerprint density at radius 1 is 1.36 bits per heavy atom. The van der Waals surface area contributed by atoms with Gasteiger partial charge in [-0.2, -0.15) is 5.26 Å². The molecule has 0 saturated heterocycles. The molecule has 0 aliphatic heterocycles. The molecule has 0 heterocycles. The Labute approximate surface area is 148 Å². The fourth-order valence-electron chi connectivity index (χ4n) is 3.21. The SMILES string of the molecule is CCOC(=O)c1cc(C#N)cc(C)c1NC(=O)C1(N(C)CC)CCC1. The normalized spacial score (nSPS) is 15.2. The van der Waals surface area contributed by atoms with Crippen molar-refractivity contribution in [3.05, 3.63) is 28.8 Å². The van der Waals surface area contributed by atoms with E-state index in [1.807, 2.05) is 20.0 Å². The molecule has 1 aliphatic carbocycles. The van der Waals surface area contributed by atoms with Crippen LogP contribution >= 0.6 is 0 Å². The summed E-state index contributed by atoms with van der Waals surface area (Å²) in [7, 11) is 1.94. The van der Waals surface area contributed by atoms with E-state index in [4.69, 9.17) is 10.00 Å². The maximum absolute atomic E-state index is 13.0. The summed E-state index contributed by atoms with van der Waals surface area (Å²) in [5.41, 5.74) is 1.16. The van der Waals surface area contributed by atoms with Crippen molar-refractivity contribution in [1.29, 1.82) is 5.26 Å². The molecular formula is C19H25N3O3. The number of likely N-dealkylation sites (N-methyl/N-ethyl adjacent to an activating group) is 1. The Hall–Kier alpha value is -2.39. The van der Waals surface area contributed by atoms with Crippen LogP contribution in [0.4, 0.5) is 5.69 Å². The minimum atomic E-state index is -0.537. The number of nitrogens with zero attached hydrogens (tertiary/aromatic N) is 2.